The van der Waals surface area contributed by atoms with Crippen LogP contribution in [0.15, 0.2) is 54.3 Å². The molecule has 0 saturated carbocycles. The summed E-state index contributed by atoms with van der Waals surface area (Å²) in [6.45, 7) is 10.2. The van der Waals surface area contributed by atoms with Crippen molar-refractivity contribution in [1.82, 2.24) is 4.90 Å². The number of ketones is 1. The number of hydrogen-bond acceptors (Lipinski definition) is 4. The van der Waals surface area contributed by atoms with Crippen LogP contribution in [-0.4, -0.2) is 17.4 Å². The molecule has 0 aromatic heterocycles. The lowest BCUT2D eigenvalue weighted by Crippen LogP contribution is -2.32. The quantitative estimate of drug-likeness (QED) is 0.342. The van der Waals surface area contributed by atoms with Gasteiger partial charge in [-0.25, -0.2) is 0 Å². The maximum atomic E-state index is 13.2. The summed E-state index contributed by atoms with van der Waals surface area (Å²) in [7, 11) is 0. The third kappa shape index (κ3) is 4.71. The van der Waals surface area contributed by atoms with Crippen LogP contribution < -0.4 is 9.47 Å². The van der Waals surface area contributed by atoms with Crippen molar-refractivity contribution in [1.29, 1.82) is 0 Å². The number of carbonyl (C=O) groups excluding carboxylic acids is 1. The molecule has 180 valence electrons. The summed E-state index contributed by atoms with van der Waals surface area (Å²) in [6, 6.07) is 15.6. The molecule has 0 spiro atoms. The third-order valence-electron chi connectivity index (χ3n) is 6.49. The van der Waals surface area contributed by atoms with Gasteiger partial charge in [-0.05, 0) is 53.3 Å². The number of allylic oxidation sites excluding steroid dienone is 1. The predicted molar refractivity (Wildman–Crippen MR) is 140 cm³/mol. The van der Waals surface area contributed by atoms with E-state index in [1.54, 1.807) is 6.07 Å². The van der Waals surface area contributed by atoms with Gasteiger partial charge in [0.25, 0.3) is 0 Å². The molecule has 6 heteroatoms. The van der Waals surface area contributed by atoms with Crippen LogP contribution in [0, 0.1) is 6.92 Å². The van der Waals surface area contributed by atoms with Gasteiger partial charge in [0, 0.05) is 34.3 Å². The first kappa shape index (κ1) is 23.9. The molecule has 0 saturated heterocycles. The summed E-state index contributed by atoms with van der Waals surface area (Å²) < 4.78 is 12.2. The van der Waals surface area contributed by atoms with Crippen molar-refractivity contribution in [2.45, 2.75) is 46.2 Å². The van der Waals surface area contributed by atoms with Crippen molar-refractivity contribution in [3.63, 3.8) is 0 Å². The van der Waals surface area contributed by atoms with Crippen LogP contribution in [-0.2, 0) is 18.5 Å². The lowest BCUT2D eigenvalue weighted by molar-refractivity contribution is 0.0877. The Kier molecular flexibility index (Phi) is 6.16. The monoisotopic (exact) mass is 507 g/mol. The van der Waals surface area contributed by atoms with E-state index >= 15 is 0 Å². The topological polar surface area (TPSA) is 38.8 Å². The first-order valence-electron chi connectivity index (χ1n) is 11.6. The zero-order valence-corrected chi connectivity index (χ0v) is 21.8. The molecule has 4 nitrogen and oxygen atoms in total. The fraction of sp³-hybridized carbons (Fsp3) is 0.276. The highest BCUT2D eigenvalue weighted by molar-refractivity contribution is 6.35. The number of fused-ring (bicyclic) bond motifs is 2. The molecule has 2 aliphatic rings. The number of carbonyl (C=O) groups is 1. The second-order valence-electron chi connectivity index (χ2n) is 10.2. The number of nitrogens with zero attached hydrogens (tertiary/aromatic N) is 1. The van der Waals surface area contributed by atoms with E-state index in [9.17, 15) is 4.79 Å². The smallest absolute Gasteiger partial charge is 0.231 e. The van der Waals surface area contributed by atoms with Crippen LogP contribution in [0.4, 0.5) is 0 Å². The highest BCUT2D eigenvalue weighted by Gasteiger charge is 2.33. The summed E-state index contributed by atoms with van der Waals surface area (Å²) >= 11 is 12.4. The highest BCUT2D eigenvalue weighted by atomic mass is 35.5. The van der Waals surface area contributed by atoms with E-state index in [1.165, 1.54) is 5.56 Å². The van der Waals surface area contributed by atoms with Crippen LogP contribution in [0.2, 0.25) is 10.0 Å². The number of ether oxygens (including phenoxy) is 2. The fourth-order valence-electron chi connectivity index (χ4n) is 4.52. The van der Waals surface area contributed by atoms with Crippen LogP contribution in [0.25, 0.3) is 6.08 Å². The van der Waals surface area contributed by atoms with Gasteiger partial charge in [-0.15, -0.1) is 0 Å². The predicted octanol–water partition coefficient (Wildman–Crippen LogP) is 7.57. The molecule has 3 aromatic rings. The Morgan fingerprint density at radius 3 is 2.46 bits per heavy atom. The van der Waals surface area contributed by atoms with Gasteiger partial charge in [-0.3, -0.25) is 9.69 Å². The second-order valence-corrected chi connectivity index (χ2v) is 11.0. The molecule has 0 aliphatic carbocycles. The molecule has 0 unspecified atom stereocenters. The van der Waals surface area contributed by atoms with E-state index in [2.05, 4.69) is 37.8 Å². The molecule has 0 N–H and O–H groups in total. The number of Topliss-reactive ketones (excluding diaryl/α,β-unsaturated/α-hetero) is 1. The standard InChI is InChI=1S/C29H27Cl2NO3/c1-17-27-20(15-32(16-34-27)14-19-7-10-22(30)13-24(19)31)12-23-26(33)25(35-28(17)23)11-18-5-8-21(9-6-18)29(2,3)4/h5-13H,14-16H2,1-4H3/b25-11-. The number of rotatable bonds is 3. The molecule has 0 bridgehead atoms. The molecular formula is C29H27Cl2NO3. The number of halogens is 2. The lowest BCUT2D eigenvalue weighted by atomic mass is 9.86. The van der Waals surface area contributed by atoms with Crippen LogP contribution >= 0.6 is 23.2 Å². The second kappa shape index (κ2) is 9.02. The molecule has 0 radical (unpaired) electrons. The van der Waals surface area contributed by atoms with Crippen molar-refractivity contribution in [3.8, 4) is 11.5 Å². The Hall–Kier alpha value is -2.79. The molecule has 35 heavy (non-hydrogen) atoms. The minimum absolute atomic E-state index is 0.0740. The van der Waals surface area contributed by atoms with Crippen molar-refractivity contribution >= 4 is 35.1 Å². The summed E-state index contributed by atoms with van der Waals surface area (Å²) in [5.41, 5.74) is 5.61. The average molecular weight is 508 g/mol. The summed E-state index contributed by atoms with van der Waals surface area (Å²) in [5, 5.41) is 1.24. The molecule has 0 amide bonds. The van der Waals surface area contributed by atoms with Gasteiger partial charge in [-0.1, -0.05) is 74.3 Å². The summed E-state index contributed by atoms with van der Waals surface area (Å²) in [4.78, 5) is 15.4. The van der Waals surface area contributed by atoms with E-state index in [-0.39, 0.29) is 11.2 Å². The maximum Gasteiger partial charge on any atom is 0.231 e. The van der Waals surface area contributed by atoms with Crippen LogP contribution in [0.1, 0.15) is 58.9 Å². The zero-order chi connectivity index (χ0) is 24.9. The van der Waals surface area contributed by atoms with E-state index in [0.717, 1.165) is 28.0 Å². The van der Waals surface area contributed by atoms with Gasteiger partial charge in [0.1, 0.15) is 18.2 Å². The first-order chi connectivity index (χ1) is 16.6. The largest absolute Gasteiger partial charge is 0.477 e. The Labute approximate surface area is 216 Å². The lowest BCUT2D eigenvalue weighted by Gasteiger charge is -2.30. The Bertz CT molecular complexity index is 1350. The molecule has 0 fully saturated rings. The van der Waals surface area contributed by atoms with Crippen LogP contribution in [0.3, 0.4) is 0 Å². The average Bonchev–Trinajstić information content (AvgIpc) is 3.11. The summed E-state index contributed by atoms with van der Waals surface area (Å²) in [5.74, 6) is 1.59. The molecular weight excluding hydrogens is 481 g/mol. The molecule has 3 aromatic carbocycles. The Morgan fingerprint density at radius 1 is 1.03 bits per heavy atom. The van der Waals surface area contributed by atoms with Gasteiger partial charge in [0.2, 0.25) is 5.78 Å². The van der Waals surface area contributed by atoms with Gasteiger partial charge >= 0.3 is 0 Å². The minimum atomic E-state index is -0.108. The van der Waals surface area contributed by atoms with Gasteiger partial charge in [-0.2, -0.15) is 0 Å². The zero-order valence-electron chi connectivity index (χ0n) is 20.2. The molecule has 2 aliphatic heterocycles. The Balaban J connectivity index is 1.39. The van der Waals surface area contributed by atoms with Gasteiger partial charge < -0.3 is 9.47 Å². The van der Waals surface area contributed by atoms with Crippen molar-refractivity contribution < 1.29 is 14.3 Å². The van der Waals surface area contributed by atoms with E-state index < -0.39 is 0 Å². The maximum absolute atomic E-state index is 13.2. The first-order valence-corrected chi connectivity index (χ1v) is 12.4. The van der Waals surface area contributed by atoms with Crippen molar-refractivity contribution in [2.24, 2.45) is 0 Å². The van der Waals surface area contributed by atoms with Gasteiger partial charge in [0.05, 0.1) is 5.56 Å². The minimum Gasteiger partial charge on any atom is -0.477 e. The highest BCUT2D eigenvalue weighted by Crippen LogP contribution is 2.43. The van der Waals surface area contributed by atoms with E-state index in [0.29, 0.717) is 46.9 Å². The molecule has 5 rings (SSSR count). The van der Waals surface area contributed by atoms with Crippen LogP contribution in [0.5, 0.6) is 11.5 Å². The third-order valence-corrected chi connectivity index (χ3v) is 7.07. The van der Waals surface area contributed by atoms with E-state index in [1.807, 2.05) is 43.3 Å². The number of benzene rings is 3. The summed E-state index contributed by atoms with van der Waals surface area (Å²) in [6.07, 6.45) is 1.81. The number of hydrogen-bond donors (Lipinski definition) is 0. The van der Waals surface area contributed by atoms with E-state index in [4.69, 9.17) is 32.7 Å². The molecule has 2 heterocycles. The van der Waals surface area contributed by atoms with Crippen molar-refractivity contribution in [2.75, 3.05) is 6.73 Å². The van der Waals surface area contributed by atoms with Gasteiger partial charge in [0.15, 0.2) is 5.76 Å². The SMILES string of the molecule is Cc1c2c(cc3c1O/C(=C\c1ccc(C(C)(C)C)cc1)C3=O)CN(Cc1ccc(Cl)cc1Cl)CO2. The normalized spacial score (nSPS) is 16.6. The molecule has 0 atom stereocenters. The Morgan fingerprint density at radius 2 is 1.77 bits per heavy atom. The fourth-order valence-corrected chi connectivity index (χ4v) is 4.99. The van der Waals surface area contributed by atoms with Crippen molar-refractivity contribution in [3.05, 3.63) is 97.7 Å².